The van der Waals surface area contributed by atoms with E-state index in [0.29, 0.717) is 13.0 Å². The Morgan fingerprint density at radius 3 is 2.26 bits per heavy atom. The lowest BCUT2D eigenvalue weighted by Crippen LogP contribution is -2.46. The third-order valence-corrected chi connectivity index (χ3v) is 6.48. The van der Waals surface area contributed by atoms with Crippen molar-refractivity contribution in [2.45, 2.75) is 26.4 Å². The smallest absolute Gasteiger partial charge is 0.224 e. The molecule has 0 aromatic heterocycles. The Hall–Kier alpha value is -3.51. The number of carbonyl (C=O) groups is 1. The lowest BCUT2D eigenvalue weighted by atomic mass is 10.1. The van der Waals surface area contributed by atoms with Crippen LogP contribution in [0.5, 0.6) is 11.5 Å². The molecule has 4 rings (SSSR count). The molecule has 1 N–H and O–H groups in total. The van der Waals surface area contributed by atoms with Crippen LogP contribution >= 0.6 is 0 Å². The number of hydrogen-bond acceptors (Lipinski definition) is 5. The van der Waals surface area contributed by atoms with Gasteiger partial charge in [0.2, 0.25) is 5.91 Å². The van der Waals surface area contributed by atoms with Crippen molar-refractivity contribution in [1.82, 2.24) is 10.2 Å². The Kier molecular flexibility index (Phi) is 8.27. The van der Waals surface area contributed by atoms with Gasteiger partial charge in [-0.25, -0.2) is 0 Å². The molecule has 184 valence electrons. The summed E-state index contributed by atoms with van der Waals surface area (Å²) in [5.41, 5.74) is 5.79. The average Bonchev–Trinajstić information content (AvgIpc) is 2.89. The van der Waals surface area contributed by atoms with Gasteiger partial charge in [-0.3, -0.25) is 9.69 Å². The summed E-state index contributed by atoms with van der Waals surface area (Å²) < 4.78 is 10.8. The highest BCUT2D eigenvalue weighted by atomic mass is 16.5. The number of hydrogen-bond donors (Lipinski definition) is 1. The standard InChI is InChI=1S/C29H35N3O3/c1-22-7-9-23(10-8-22)19-29(33)30-20-24-5-4-6-26(17-24)32-15-13-31(14-16-32)21-25-11-12-27(34-2)28(18-25)35-3/h4-12,17-18H,13-16,19-21H2,1-3H3,(H,30,33). The van der Waals surface area contributed by atoms with Crippen LogP contribution in [0.15, 0.2) is 66.7 Å². The molecular weight excluding hydrogens is 438 g/mol. The van der Waals surface area contributed by atoms with Gasteiger partial charge in [-0.1, -0.05) is 48.0 Å². The number of aryl methyl sites for hydroxylation is 1. The van der Waals surface area contributed by atoms with Gasteiger partial charge in [-0.15, -0.1) is 0 Å². The summed E-state index contributed by atoms with van der Waals surface area (Å²) in [5.74, 6) is 1.57. The maximum Gasteiger partial charge on any atom is 0.224 e. The summed E-state index contributed by atoms with van der Waals surface area (Å²) >= 11 is 0. The van der Waals surface area contributed by atoms with Crippen LogP contribution in [0.4, 0.5) is 5.69 Å². The molecule has 1 saturated heterocycles. The van der Waals surface area contributed by atoms with Gasteiger partial charge >= 0.3 is 0 Å². The number of nitrogens with zero attached hydrogens (tertiary/aromatic N) is 2. The number of nitrogens with one attached hydrogen (secondary N) is 1. The van der Waals surface area contributed by atoms with Crippen molar-refractivity contribution >= 4 is 11.6 Å². The van der Waals surface area contributed by atoms with Crippen molar-refractivity contribution < 1.29 is 14.3 Å². The third-order valence-electron chi connectivity index (χ3n) is 6.48. The Labute approximate surface area is 208 Å². The van der Waals surface area contributed by atoms with Crippen LogP contribution in [0.1, 0.15) is 22.3 Å². The van der Waals surface area contributed by atoms with Crippen molar-refractivity contribution in [3.63, 3.8) is 0 Å². The number of benzene rings is 3. The zero-order valence-corrected chi connectivity index (χ0v) is 20.9. The lowest BCUT2D eigenvalue weighted by Gasteiger charge is -2.36. The van der Waals surface area contributed by atoms with Crippen LogP contribution in [-0.4, -0.2) is 51.2 Å². The topological polar surface area (TPSA) is 54.0 Å². The van der Waals surface area contributed by atoms with Gasteiger partial charge < -0.3 is 19.7 Å². The highest BCUT2D eigenvalue weighted by Crippen LogP contribution is 2.28. The fourth-order valence-electron chi connectivity index (χ4n) is 4.42. The van der Waals surface area contributed by atoms with E-state index in [4.69, 9.17) is 9.47 Å². The van der Waals surface area contributed by atoms with E-state index in [9.17, 15) is 4.79 Å². The molecule has 0 bridgehead atoms. The van der Waals surface area contributed by atoms with E-state index < -0.39 is 0 Å². The Balaban J connectivity index is 1.27. The van der Waals surface area contributed by atoms with Crippen molar-refractivity contribution in [3.8, 4) is 11.5 Å². The van der Waals surface area contributed by atoms with Crippen molar-refractivity contribution in [2.75, 3.05) is 45.3 Å². The Bertz CT molecular complexity index is 1120. The summed E-state index contributed by atoms with van der Waals surface area (Å²) in [6.07, 6.45) is 0.405. The molecule has 0 spiro atoms. The molecule has 1 aliphatic rings. The largest absolute Gasteiger partial charge is 0.493 e. The van der Waals surface area contributed by atoms with Crippen LogP contribution in [0.25, 0.3) is 0 Å². The number of anilines is 1. The van der Waals surface area contributed by atoms with E-state index in [1.54, 1.807) is 14.2 Å². The molecule has 1 heterocycles. The molecule has 0 radical (unpaired) electrons. The molecule has 35 heavy (non-hydrogen) atoms. The molecule has 0 saturated carbocycles. The van der Waals surface area contributed by atoms with Gasteiger partial charge in [-0.2, -0.15) is 0 Å². The number of carbonyl (C=O) groups excluding carboxylic acids is 1. The number of methoxy groups -OCH3 is 2. The monoisotopic (exact) mass is 473 g/mol. The quantitative estimate of drug-likeness (QED) is 0.505. The molecule has 6 heteroatoms. The first-order chi connectivity index (χ1) is 17.0. The fraction of sp³-hybridized carbons (Fsp3) is 0.345. The molecular formula is C29H35N3O3. The summed E-state index contributed by atoms with van der Waals surface area (Å²) in [7, 11) is 3.33. The average molecular weight is 474 g/mol. The molecule has 3 aromatic rings. The van der Waals surface area contributed by atoms with Gasteiger partial charge in [0.1, 0.15) is 0 Å². The maximum atomic E-state index is 12.4. The third kappa shape index (κ3) is 6.76. The molecule has 6 nitrogen and oxygen atoms in total. The number of ether oxygens (including phenoxy) is 2. The van der Waals surface area contributed by atoms with E-state index in [-0.39, 0.29) is 5.91 Å². The van der Waals surface area contributed by atoms with Crippen molar-refractivity contribution in [3.05, 3.63) is 89.0 Å². The van der Waals surface area contributed by atoms with Crippen molar-refractivity contribution in [1.29, 1.82) is 0 Å². The Morgan fingerprint density at radius 2 is 1.54 bits per heavy atom. The molecule has 1 amide bonds. The van der Waals surface area contributed by atoms with Gasteiger partial charge in [0, 0.05) is 45.0 Å². The fourth-order valence-corrected chi connectivity index (χ4v) is 4.42. The minimum Gasteiger partial charge on any atom is -0.493 e. The molecule has 1 aliphatic heterocycles. The summed E-state index contributed by atoms with van der Waals surface area (Å²) in [4.78, 5) is 17.3. The van der Waals surface area contributed by atoms with Gasteiger partial charge in [-0.05, 0) is 47.9 Å². The molecule has 0 aliphatic carbocycles. The van der Waals surface area contributed by atoms with E-state index >= 15 is 0 Å². The van der Waals surface area contributed by atoms with E-state index in [0.717, 1.165) is 55.3 Å². The van der Waals surface area contributed by atoms with Crippen LogP contribution in [0, 0.1) is 6.92 Å². The van der Waals surface area contributed by atoms with Crippen LogP contribution in [0.2, 0.25) is 0 Å². The SMILES string of the molecule is COc1ccc(CN2CCN(c3cccc(CNC(=O)Cc4ccc(C)cc4)c3)CC2)cc1OC. The highest BCUT2D eigenvalue weighted by Gasteiger charge is 2.18. The normalized spacial score (nSPS) is 14.0. The van der Waals surface area contributed by atoms with E-state index in [1.807, 2.05) is 30.3 Å². The molecule has 1 fully saturated rings. The summed E-state index contributed by atoms with van der Waals surface area (Å²) in [6.45, 7) is 7.40. The van der Waals surface area contributed by atoms with Crippen LogP contribution < -0.4 is 19.7 Å². The minimum absolute atomic E-state index is 0.0445. The van der Waals surface area contributed by atoms with Crippen LogP contribution in [0.3, 0.4) is 0 Å². The van der Waals surface area contributed by atoms with Gasteiger partial charge in [0.05, 0.1) is 20.6 Å². The number of rotatable bonds is 9. The van der Waals surface area contributed by atoms with Gasteiger partial charge in [0.15, 0.2) is 11.5 Å². The molecule has 3 aromatic carbocycles. The van der Waals surface area contributed by atoms with Crippen molar-refractivity contribution in [2.24, 2.45) is 0 Å². The van der Waals surface area contributed by atoms with Crippen LogP contribution in [-0.2, 0) is 24.3 Å². The number of piperazine rings is 1. The second-order valence-corrected chi connectivity index (χ2v) is 9.06. The zero-order valence-electron chi connectivity index (χ0n) is 20.9. The zero-order chi connectivity index (χ0) is 24.6. The Morgan fingerprint density at radius 1 is 0.829 bits per heavy atom. The van der Waals surface area contributed by atoms with E-state index in [2.05, 4.69) is 58.4 Å². The molecule has 0 atom stereocenters. The predicted octanol–water partition coefficient (Wildman–Crippen LogP) is 4.19. The first-order valence-corrected chi connectivity index (χ1v) is 12.1. The first-order valence-electron chi connectivity index (χ1n) is 12.1. The lowest BCUT2D eigenvalue weighted by molar-refractivity contribution is -0.120. The molecule has 0 unspecified atom stereocenters. The summed E-state index contributed by atoms with van der Waals surface area (Å²) in [5, 5.41) is 3.06. The minimum atomic E-state index is 0.0445. The van der Waals surface area contributed by atoms with E-state index in [1.165, 1.54) is 16.8 Å². The first kappa shape index (κ1) is 24.6. The summed E-state index contributed by atoms with van der Waals surface area (Å²) in [6, 6.07) is 22.7. The number of amides is 1. The highest BCUT2D eigenvalue weighted by molar-refractivity contribution is 5.78. The predicted molar refractivity (Wildman–Crippen MR) is 140 cm³/mol. The van der Waals surface area contributed by atoms with Gasteiger partial charge in [0.25, 0.3) is 0 Å². The maximum absolute atomic E-state index is 12.4. The second kappa shape index (κ2) is 11.8. The second-order valence-electron chi connectivity index (χ2n) is 9.06.